The number of carbonyl (C=O) groups is 1. The van der Waals surface area contributed by atoms with Crippen LogP contribution in [0, 0.1) is 6.92 Å². The maximum atomic E-state index is 12.0. The van der Waals surface area contributed by atoms with Gasteiger partial charge in [-0.2, -0.15) is 0 Å². The number of rotatable bonds is 4. The Morgan fingerprint density at radius 1 is 1.11 bits per heavy atom. The van der Waals surface area contributed by atoms with Gasteiger partial charge in [0.2, 0.25) is 0 Å². The van der Waals surface area contributed by atoms with Crippen molar-refractivity contribution in [1.29, 1.82) is 0 Å². The minimum absolute atomic E-state index is 0.0437. The quantitative estimate of drug-likeness (QED) is 0.738. The first kappa shape index (κ1) is 18.4. The third-order valence-electron chi connectivity index (χ3n) is 5.63. The molecule has 0 saturated carbocycles. The van der Waals surface area contributed by atoms with Crippen LogP contribution in [0.3, 0.4) is 0 Å². The molecule has 1 unspecified atom stereocenters. The Morgan fingerprint density at radius 2 is 1.86 bits per heavy atom. The summed E-state index contributed by atoms with van der Waals surface area (Å²) in [5.74, 6) is 0. The second kappa shape index (κ2) is 7.24. The zero-order valence-electron chi connectivity index (χ0n) is 16.9. The van der Waals surface area contributed by atoms with E-state index in [1.54, 1.807) is 4.90 Å². The number of benzene rings is 2. The lowest BCUT2D eigenvalue weighted by Crippen LogP contribution is -2.27. The summed E-state index contributed by atoms with van der Waals surface area (Å²) in [4.78, 5) is 20.9. The summed E-state index contributed by atoms with van der Waals surface area (Å²) >= 11 is 0. The number of aryl methyl sites for hydroxylation is 1. The van der Waals surface area contributed by atoms with Crippen LogP contribution < -0.4 is 10.2 Å². The van der Waals surface area contributed by atoms with Crippen LogP contribution in [-0.2, 0) is 0 Å². The van der Waals surface area contributed by atoms with Crippen LogP contribution in [0.1, 0.15) is 24.1 Å². The molecule has 1 aliphatic heterocycles. The van der Waals surface area contributed by atoms with Crippen molar-refractivity contribution in [2.75, 3.05) is 32.1 Å². The molecular weight excluding hydrogens is 348 g/mol. The number of amides is 2. The number of fused-ring (bicyclic) bond motifs is 1. The number of carbonyl (C=O) groups excluding carboxylic acids is 1. The van der Waals surface area contributed by atoms with E-state index in [-0.39, 0.29) is 6.03 Å². The summed E-state index contributed by atoms with van der Waals surface area (Å²) in [6.45, 7) is 5.68. The SMILES string of the molecule is Cc1cc(-c2ccc(C(C)N(C)C)cc2)nc2cc(N3CCNC3=O)ccc12. The molecule has 5 nitrogen and oxygen atoms in total. The first-order valence-corrected chi connectivity index (χ1v) is 9.67. The topological polar surface area (TPSA) is 48.5 Å². The largest absolute Gasteiger partial charge is 0.336 e. The van der Waals surface area contributed by atoms with Gasteiger partial charge in [0.25, 0.3) is 0 Å². The zero-order chi connectivity index (χ0) is 19.8. The first-order chi connectivity index (χ1) is 13.4. The minimum Gasteiger partial charge on any atom is -0.336 e. The van der Waals surface area contributed by atoms with E-state index in [1.165, 1.54) is 11.1 Å². The van der Waals surface area contributed by atoms with Crippen LogP contribution in [0.25, 0.3) is 22.2 Å². The zero-order valence-corrected chi connectivity index (χ0v) is 16.9. The molecular formula is C23H26N4O. The molecule has 144 valence electrons. The third-order valence-corrected chi connectivity index (χ3v) is 5.63. The van der Waals surface area contributed by atoms with E-state index >= 15 is 0 Å². The van der Waals surface area contributed by atoms with Gasteiger partial charge in [0.1, 0.15) is 0 Å². The lowest BCUT2D eigenvalue weighted by molar-refractivity contribution is 0.252. The lowest BCUT2D eigenvalue weighted by atomic mass is 10.0. The van der Waals surface area contributed by atoms with Crippen LogP contribution in [0.2, 0.25) is 0 Å². The Bertz CT molecular complexity index is 1030. The van der Waals surface area contributed by atoms with Crippen molar-refractivity contribution in [3.8, 4) is 11.3 Å². The van der Waals surface area contributed by atoms with Crippen molar-refractivity contribution in [1.82, 2.24) is 15.2 Å². The Labute approximate surface area is 166 Å². The van der Waals surface area contributed by atoms with Crippen LogP contribution >= 0.6 is 0 Å². The summed E-state index contributed by atoms with van der Waals surface area (Å²) < 4.78 is 0. The van der Waals surface area contributed by atoms with Gasteiger partial charge >= 0.3 is 6.03 Å². The number of pyridine rings is 1. The van der Waals surface area contributed by atoms with Gasteiger partial charge in [-0.15, -0.1) is 0 Å². The average molecular weight is 374 g/mol. The number of hydrogen-bond donors (Lipinski definition) is 1. The molecule has 1 aromatic heterocycles. The fourth-order valence-corrected chi connectivity index (χ4v) is 3.66. The van der Waals surface area contributed by atoms with E-state index in [1.807, 2.05) is 12.1 Å². The average Bonchev–Trinajstić information content (AvgIpc) is 3.13. The first-order valence-electron chi connectivity index (χ1n) is 9.67. The van der Waals surface area contributed by atoms with Gasteiger partial charge in [-0.3, -0.25) is 4.90 Å². The number of aromatic nitrogens is 1. The summed E-state index contributed by atoms with van der Waals surface area (Å²) in [6, 6.07) is 17.2. The predicted octanol–water partition coefficient (Wildman–Crippen LogP) is 4.36. The molecule has 28 heavy (non-hydrogen) atoms. The summed E-state index contributed by atoms with van der Waals surface area (Å²) in [6.07, 6.45) is 0. The van der Waals surface area contributed by atoms with Gasteiger partial charge in [-0.05, 0) is 57.3 Å². The molecule has 1 saturated heterocycles. The van der Waals surface area contributed by atoms with Gasteiger partial charge < -0.3 is 10.2 Å². The van der Waals surface area contributed by atoms with Crippen molar-refractivity contribution in [3.63, 3.8) is 0 Å². The molecule has 4 rings (SSSR count). The number of nitrogens with one attached hydrogen (secondary N) is 1. The second-order valence-corrected chi connectivity index (χ2v) is 7.67. The highest BCUT2D eigenvalue weighted by atomic mass is 16.2. The maximum absolute atomic E-state index is 12.0. The summed E-state index contributed by atoms with van der Waals surface area (Å²) in [5.41, 5.74) is 6.33. The maximum Gasteiger partial charge on any atom is 0.321 e. The molecule has 1 atom stereocenters. The van der Waals surface area contributed by atoms with E-state index in [0.717, 1.165) is 27.8 Å². The Morgan fingerprint density at radius 3 is 2.50 bits per heavy atom. The van der Waals surface area contributed by atoms with Crippen molar-refractivity contribution in [3.05, 3.63) is 59.7 Å². The smallest absolute Gasteiger partial charge is 0.321 e. The molecule has 5 heteroatoms. The fraction of sp³-hybridized carbons (Fsp3) is 0.304. The number of nitrogens with zero attached hydrogens (tertiary/aromatic N) is 3. The standard InChI is InChI=1S/C23H26N4O/c1-15-13-21(18-7-5-17(6-8-18)16(2)26(3)4)25-22-14-19(9-10-20(15)22)27-12-11-24-23(27)28/h5-10,13-14,16H,11-12H2,1-4H3,(H,24,28). The Hall–Kier alpha value is -2.92. The second-order valence-electron chi connectivity index (χ2n) is 7.67. The van der Waals surface area contributed by atoms with Crippen LogP contribution in [-0.4, -0.2) is 43.1 Å². The number of urea groups is 1. The highest BCUT2D eigenvalue weighted by molar-refractivity contribution is 5.97. The molecule has 1 fully saturated rings. The van der Waals surface area contributed by atoms with Crippen molar-refractivity contribution < 1.29 is 4.79 Å². The normalized spacial score (nSPS) is 15.3. The van der Waals surface area contributed by atoms with Crippen molar-refractivity contribution in [2.45, 2.75) is 19.9 Å². The van der Waals surface area contributed by atoms with Crippen LogP contribution in [0.5, 0.6) is 0 Å². The highest BCUT2D eigenvalue weighted by Gasteiger charge is 2.21. The molecule has 0 aliphatic carbocycles. The van der Waals surface area contributed by atoms with E-state index in [0.29, 0.717) is 19.1 Å². The molecule has 3 aromatic rings. The van der Waals surface area contributed by atoms with E-state index in [9.17, 15) is 4.79 Å². The van der Waals surface area contributed by atoms with Gasteiger partial charge in [-0.25, -0.2) is 9.78 Å². The van der Waals surface area contributed by atoms with Crippen LogP contribution in [0.4, 0.5) is 10.5 Å². The van der Waals surface area contributed by atoms with Gasteiger partial charge in [0.15, 0.2) is 0 Å². The van der Waals surface area contributed by atoms with E-state index in [4.69, 9.17) is 4.98 Å². The monoisotopic (exact) mass is 374 g/mol. The molecule has 2 aromatic carbocycles. The molecule has 2 heterocycles. The molecule has 2 amide bonds. The molecule has 1 N–H and O–H groups in total. The highest BCUT2D eigenvalue weighted by Crippen LogP contribution is 2.29. The van der Waals surface area contributed by atoms with Gasteiger partial charge in [-0.1, -0.05) is 30.3 Å². The molecule has 0 spiro atoms. The summed E-state index contributed by atoms with van der Waals surface area (Å²) in [5, 5.41) is 3.97. The third kappa shape index (κ3) is 3.34. The Balaban J connectivity index is 1.72. The minimum atomic E-state index is -0.0437. The van der Waals surface area contributed by atoms with Crippen LogP contribution in [0.15, 0.2) is 48.5 Å². The number of anilines is 1. The number of hydrogen-bond acceptors (Lipinski definition) is 3. The fourth-order valence-electron chi connectivity index (χ4n) is 3.66. The predicted molar refractivity (Wildman–Crippen MR) is 115 cm³/mol. The molecule has 0 radical (unpaired) electrons. The van der Waals surface area contributed by atoms with Gasteiger partial charge in [0.05, 0.1) is 11.2 Å². The molecule has 0 bridgehead atoms. The molecule has 1 aliphatic rings. The van der Waals surface area contributed by atoms with E-state index < -0.39 is 0 Å². The van der Waals surface area contributed by atoms with E-state index in [2.05, 4.69) is 74.6 Å². The van der Waals surface area contributed by atoms with Crippen molar-refractivity contribution >= 4 is 22.6 Å². The Kier molecular flexibility index (Phi) is 4.77. The lowest BCUT2D eigenvalue weighted by Gasteiger charge is -2.20. The summed E-state index contributed by atoms with van der Waals surface area (Å²) in [7, 11) is 4.18. The van der Waals surface area contributed by atoms with Crippen molar-refractivity contribution in [2.24, 2.45) is 0 Å². The van der Waals surface area contributed by atoms with Gasteiger partial charge in [0, 0.05) is 35.8 Å².